The highest BCUT2D eigenvalue weighted by Crippen LogP contribution is 2.27. The van der Waals surface area contributed by atoms with Gasteiger partial charge >= 0.3 is 0 Å². The molecular formula is C34H24N4O4S2. The molecule has 8 nitrogen and oxygen atoms in total. The van der Waals surface area contributed by atoms with Gasteiger partial charge in [-0.15, -0.1) is 0 Å². The molecule has 0 atom stereocenters. The zero-order valence-corrected chi connectivity index (χ0v) is 24.7. The van der Waals surface area contributed by atoms with E-state index in [1.165, 1.54) is 15.9 Å². The van der Waals surface area contributed by atoms with Crippen molar-refractivity contribution in [3.05, 3.63) is 137 Å². The number of carbonyl (C=O) groups excluding carboxylic acids is 3. The van der Waals surface area contributed by atoms with E-state index >= 15 is 0 Å². The van der Waals surface area contributed by atoms with Gasteiger partial charge in [-0.1, -0.05) is 72.8 Å². The van der Waals surface area contributed by atoms with E-state index in [1.807, 2.05) is 60.7 Å². The number of nitrogens with one attached hydrogen (secondary N) is 2. The van der Waals surface area contributed by atoms with Crippen molar-refractivity contribution in [2.45, 2.75) is 6.54 Å². The minimum atomic E-state index is -0.584. The van der Waals surface area contributed by atoms with Gasteiger partial charge in [-0.25, -0.2) is 0 Å². The molecule has 4 aromatic carbocycles. The number of hydrogen-bond donors (Lipinski definition) is 2. The van der Waals surface area contributed by atoms with Gasteiger partial charge in [0.15, 0.2) is 10.2 Å². The van der Waals surface area contributed by atoms with E-state index in [0.29, 0.717) is 40.1 Å². The summed E-state index contributed by atoms with van der Waals surface area (Å²) < 4.78 is 5.83. The Kier molecular flexibility index (Phi) is 8.09. The largest absolute Gasteiger partial charge is 0.457 e. The molecule has 0 aliphatic carbocycles. The molecule has 0 aromatic heterocycles. The van der Waals surface area contributed by atoms with Gasteiger partial charge in [0.05, 0.1) is 12.2 Å². The van der Waals surface area contributed by atoms with Crippen LogP contribution in [-0.2, 0) is 20.9 Å². The first-order chi connectivity index (χ1) is 21.4. The Balaban J connectivity index is 1.16. The third kappa shape index (κ3) is 6.17. The van der Waals surface area contributed by atoms with Crippen molar-refractivity contribution < 1.29 is 19.1 Å². The smallest absolute Gasteiger partial charge is 0.276 e. The fourth-order valence-electron chi connectivity index (χ4n) is 4.68. The number of anilines is 1. The second kappa shape index (κ2) is 12.4. The lowest BCUT2D eigenvalue weighted by Crippen LogP contribution is -2.54. The monoisotopic (exact) mass is 616 g/mol. The average molecular weight is 617 g/mol. The molecule has 0 bridgehead atoms. The standard InChI is InChI=1S/C34H24N4O4S2/c39-30-28(31(40)38(34(44)36-30)25-15-17-27(18-16-25)42-26-9-5-2-6-10-26)19-22-11-13-23(14-12-22)20-29-32(41)37(33(43)35-29)21-24-7-3-1-4-8-24/h1-20H,21H2,(H,35,43)(H,36,39,44)/b28-19+,29-20-. The SMILES string of the molecule is O=C1NC(=S)N(c2ccc(Oc3ccccc3)cc2)C(=O)/C1=C/c1ccc(/C=C2\NC(=S)N(Cc3ccccc3)C2=O)cc1. The van der Waals surface area contributed by atoms with Crippen LogP contribution in [0.25, 0.3) is 12.2 Å². The maximum absolute atomic E-state index is 13.5. The van der Waals surface area contributed by atoms with E-state index in [2.05, 4.69) is 10.6 Å². The van der Waals surface area contributed by atoms with Crippen molar-refractivity contribution in [3.8, 4) is 11.5 Å². The average Bonchev–Trinajstić information content (AvgIpc) is 3.29. The van der Waals surface area contributed by atoms with Gasteiger partial charge < -0.3 is 10.1 Å². The third-order valence-electron chi connectivity index (χ3n) is 6.88. The molecule has 44 heavy (non-hydrogen) atoms. The number of benzene rings is 4. The summed E-state index contributed by atoms with van der Waals surface area (Å²) in [5.41, 5.74) is 3.12. The van der Waals surface area contributed by atoms with Crippen LogP contribution in [0.2, 0.25) is 0 Å². The summed E-state index contributed by atoms with van der Waals surface area (Å²) in [6.45, 7) is 0.373. The Morgan fingerprint density at radius 2 is 1.23 bits per heavy atom. The summed E-state index contributed by atoms with van der Waals surface area (Å²) in [4.78, 5) is 42.0. The first-order valence-electron chi connectivity index (χ1n) is 13.6. The Hall–Kier alpha value is -5.45. The van der Waals surface area contributed by atoms with Crippen LogP contribution in [0.3, 0.4) is 0 Å². The summed E-state index contributed by atoms with van der Waals surface area (Å²) >= 11 is 10.7. The van der Waals surface area contributed by atoms with Gasteiger partial charge in [0.25, 0.3) is 17.7 Å². The molecule has 0 saturated carbocycles. The summed E-state index contributed by atoms with van der Waals surface area (Å²) in [5, 5.41) is 5.92. The predicted molar refractivity (Wildman–Crippen MR) is 176 cm³/mol. The van der Waals surface area contributed by atoms with Gasteiger partial charge in [0, 0.05) is 0 Å². The first kappa shape index (κ1) is 28.7. The Morgan fingerprint density at radius 3 is 1.89 bits per heavy atom. The highest BCUT2D eigenvalue weighted by atomic mass is 32.1. The van der Waals surface area contributed by atoms with Crippen LogP contribution in [0, 0.1) is 0 Å². The third-order valence-corrected chi connectivity index (χ3v) is 7.49. The van der Waals surface area contributed by atoms with E-state index in [0.717, 1.165) is 11.1 Å². The number of rotatable bonds is 7. The van der Waals surface area contributed by atoms with Crippen LogP contribution in [0.1, 0.15) is 16.7 Å². The van der Waals surface area contributed by atoms with Gasteiger partial charge in [-0.3, -0.25) is 29.5 Å². The summed E-state index contributed by atoms with van der Waals surface area (Å²) in [6.07, 6.45) is 3.21. The van der Waals surface area contributed by atoms with Crippen molar-refractivity contribution in [1.29, 1.82) is 0 Å². The highest BCUT2D eigenvalue weighted by molar-refractivity contribution is 7.80. The molecule has 216 valence electrons. The number of nitrogens with zero attached hydrogens (tertiary/aromatic N) is 2. The molecule has 0 spiro atoms. The Bertz CT molecular complexity index is 1840. The number of hydrogen-bond acceptors (Lipinski definition) is 6. The summed E-state index contributed by atoms with van der Waals surface area (Å²) in [5.74, 6) is -0.0755. The number of para-hydroxylation sites is 1. The molecule has 3 amide bonds. The molecule has 2 saturated heterocycles. The Labute approximate surface area is 264 Å². The van der Waals surface area contributed by atoms with Crippen molar-refractivity contribution >= 4 is 70.2 Å². The lowest BCUT2D eigenvalue weighted by molar-refractivity contribution is -0.123. The zero-order valence-electron chi connectivity index (χ0n) is 23.1. The zero-order chi connectivity index (χ0) is 30.6. The summed E-state index contributed by atoms with van der Waals surface area (Å²) in [6, 6.07) is 32.9. The minimum absolute atomic E-state index is 0.0104. The minimum Gasteiger partial charge on any atom is -0.457 e. The number of ether oxygens (including phenoxy) is 1. The molecule has 2 heterocycles. The van der Waals surface area contributed by atoms with Crippen molar-refractivity contribution in [2.75, 3.05) is 4.90 Å². The van der Waals surface area contributed by atoms with Crippen LogP contribution in [0.4, 0.5) is 5.69 Å². The first-order valence-corrected chi connectivity index (χ1v) is 14.4. The molecule has 2 aliphatic heterocycles. The van der Waals surface area contributed by atoms with Crippen LogP contribution in [0.15, 0.2) is 120 Å². The van der Waals surface area contributed by atoms with Gasteiger partial charge in [-0.05, 0) is 89.7 Å². The number of carbonyl (C=O) groups is 3. The second-order valence-electron chi connectivity index (χ2n) is 9.90. The van der Waals surface area contributed by atoms with Gasteiger partial charge in [0.2, 0.25) is 0 Å². The van der Waals surface area contributed by atoms with Crippen LogP contribution >= 0.6 is 24.4 Å². The molecule has 2 fully saturated rings. The highest BCUT2D eigenvalue weighted by Gasteiger charge is 2.34. The van der Waals surface area contributed by atoms with E-state index < -0.39 is 11.8 Å². The molecule has 2 aliphatic rings. The molecule has 6 rings (SSSR count). The molecule has 2 N–H and O–H groups in total. The van der Waals surface area contributed by atoms with Crippen LogP contribution in [0.5, 0.6) is 11.5 Å². The van der Waals surface area contributed by atoms with Gasteiger partial charge in [0.1, 0.15) is 22.8 Å². The fraction of sp³-hybridized carbons (Fsp3) is 0.0294. The van der Waals surface area contributed by atoms with Crippen LogP contribution < -0.4 is 20.3 Å². The lowest BCUT2D eigenvalue weighted by Gasteiger charge is -2.29. The predicted octanol–water partition coefficient (Wildman–Crippen LogP) is 5.57. The van der Waals surface area contributed by atoms with Crippen molar-refractivity contribution in [3.63, 3.8) is 0 Å². The maximum atomic E-state index is 13.5. The molecule has 0 unspecified atom stereocenters. The molecule has 4 aromatic rings. The number of amides is 3. The Morgan fingerprint density at radius 1 is 0.636 bits per heavy atom. The number of thiocarbonyl (C=S) groups is 2. The van der Waals surface area contributed by atoms with Gasteiger partial charge in [-0.2, -0.15) is 0 Å². The molecule has 10 heteroatoms. The lowest BCUT2D eigenvalue weighted by atomic mass is 10.0. The quantitative estimate of drug-likeness (QED) is 0.160. The van der Waals surface area contributed by atoms with E-state index in [-0.39, 0.29) is 16.6 Å². The van der Waals surface area contributed by atoms with Crippen LogP contribution in [-0.4, -0.2) is 32.8 Å². The summed E-state index contributed by atoms with van der Waals surface area (Å²) in [7, 11) is 0. The maximum Gasteiger partial charge on any atom is 0.276 e. The molecule has 0 radical (unpaired) electrons. The molecular weight excluding hydrogens is 593 g/mol. The van der Waals surface area contributed by atoms with Crippen molar-refractivity contribution in [2.24, 2.45) is 0 Å². The van der Waals surface area contributed by atoms with E-state index in [1.54, 1.807) is 54.6 Å². The normalized spacial score (nSPS) is 16.9. The van der Waals surface area contributed by atoms with Crippen molar-refractivity contribution in [1.82, 2.24) is 15.5 Å². The fourth-order valence-corrected chi connectivity index (χ4v) is 5.22. The van der Waals surface area contributed by atoms with E-state index in [9.17, 15) is 14.4 Å². The topological polar surface area (TPSA) is 91.0 Å². The van der Waals surface area contributed by atoms with E-state index in [4.69, 9.17) is 29.2 Å². The second-order valence-corrected chi connectivity index (χ2v) is 10.7.